The summed E-state index contributed by atoms with van der Waals surface area (Å²) in [5, 5.41) is 15.6. The summed E-state index contributed by atoms with van der Waals surface area (Å²) < 4.78 is 7.50. The summed E-state index contributed by atoms with van der Waals surface area (Å²) in [5.41, 5.74) is 0.968. The summed E-state index contributed by atoms with van der Waals surface area (Å²) in [6.45, 7) is 5.10. The maximum atomic E-state index is 5.73. The van der Waals surface area contributed by atoms with Gasteiger partial charge in [-0.05, 0) is 49.2 Å². The molecule has 6 heteroatoms. The highest BCUT2D eigenvalue weighted by Crippen LogP contribution is 2.19. The largest absolute Gasteiger partial charge is 0.377 e. The molecule has 21 heavy (non-hydrogen) atoms. The lowest BCUT2D eigenvalue weighted by molar-refractivity contribution is 0.0799. The van der Waals surface area contributed by atoms with Gasteiger partial charge in [-0.2, -0.15) is 4.68 Å². The molecule has 0 radical (unpaired) electrons. The first-order valence-electron chi connectivity index (χ1n) is 7.47. The quantitative estimate of drug-likeness (QED) is 0.909. The van der Waals surface area contributed by atoms with Gasteiger partial charge < -0.3 is 10.1 Å². The van der Waals surface area contributed by atoms with Gasteiger partial charge in [0.05, 0.1) is 17.8 Å². The minimum Gasteiger partial charge on any atom is -0.377 e. The number of nitrogens with zero attached hydrogens (tertiary/aromatic N) is 4. The molecule has 2 aromatic rings. The second kappa shape index (κ2) is 6.32. The van der Waals surface area contributed by atoms with Gasteiger partial charge in [0.1, 0.15) is 0 Å². The van der Waals surface area contributed by atoms with Crippen molar-refractivity contribution in [1.82, 2.24) is 25.5 Å². The molecule has 1 saturated heterocycles. The molecule has 1 fully saturated rings. The predicted octanol–water partition coefficient (Wildman–Crippen LogP) is 1.88. The Kier molecular flexibility index (Phi) is 4.26. The van der Waals surface area contributed by atoms with Crippen molar-refractivity contribution in [2.45, 2.75) is 44.9 Å². The van der Waals surface area contributed by atoms with Crippen LogP contribution in [0, 0.1) is 0 Å². The van der Waals surface area contributed by atoms with Crippen LogP contribution in [-0.4, -0.2) is 39.0 Å². The van der Waals surface area contributed by atoms with E-state index < -0.39 is 0 Å². The van der Waals surface area contributed by atoms with Crippen LogP contribution in [0.3, 0.4) is 0 Å². The predicted molar refractivity (Wildman–Crippen MR) is 79.1 cm³/mol. The van der Waals surface area contributed by atoms with E-state index in [-0.39, 0.29) is 18.2 Å². The first-order valence-corrected chi connectivity index (χ1v) is 7.47. The summed E-state index contributed by atoms with van der Waals surface area (Å²) in [5.74, 6) is 0.811. The first-order chi connectivity index (χ1) is 10.3. The Bertz CT molecular complexity index is 564. The average molecular weight is 287 g/mol. The molecule has 1 N–H and O–H groups in total. The maximum Gasteiger partial charge on any atom is 0.173 e. The number of hydrogen-bond acceptors (Lipinski definition) is 5. The first kappa shape index (κ1) is 14.2. The number of hydrogen-bond donors (Lipinski definition) is 1. The number of tetrazole rings is 1. The highest BCUT2D eigenvalue weighted by Gasteiger charge is 2.25. The molecular formula is C15H21N5O. The van der Waals surface area contributed by atoms with Gasteiger partial charge in [0.25, 0.3) is 0 Å². The SMILES string of the molecule is C[C@H](N[C@@H](C)[C@@H]1CCCO1)c1nnnn1-c1ccccc1. The Labute approximate surface area is 124 Å². The second-order valence-electron chi connectivity index (χ2n) is 5.51. The van der Waals surface area contributed by atoms with Crippen LogP contribution in [0.15, 0.2) is 30.3 Å². The molecule has 0 saturated carbocycles. The van der Waals surface area contributed by atoms with Gasteiger partial charge >= 0.3 is 0 Å². The lowest BCUT2D eigenvalue weighted by Gasteiger charge is -2.23. The van der Waals surface area contributed by atoms with Crippen molar-refractivity contribution in [2.75, 3.05) is 6.61 Å². The Hall–Kier alpha value is -1.79. The Morgan fingerprint density at radius 3 is 2.81 bits per heavy atom. The summed E-state index contributed by atoms with van der Waals surface area (Å²) in [6.07, 6.45) is 2.55. The molecular weight excluding hydrogens is 266 g/mol. The Morgan fingerprint density at radius 2 is 2.10 bits per heavy atom. The van der Waals surface area contributed by atoms with Crippen LogP contribution < -0.4 is 5.32 Å². The molecule has 1 aromatic carbocycles. The molecule has 3 atom stereocenters. The van der Waals surface area contributed by atoms with Gasteiger partial charge in [-0.3, -0.25) is 0 Å². The summed E-state index contributed by atoms with van der Waals surface area (Å²) in [7, 11) is 0. The van der Waals surface area contributed by atoms with Crippen LogP contribution in [-0.2, 0) is 4.74 Å². The molecule has 0 aliphatic carbocycles. The molecule has 1 aromatic heterocycles. The van der Waals surface area contributed by atoms with Crippen molar-refractivity contribution in [3.8, 4) is 5.69 Å². The number of benzene rings is 1. The smallest absolute Gasteiger partial charge is 0.173 e. The van der Waals surface area contributed by atoms with Crippen molar-refractivity contribution < 1.29 is 4.74 Å². The minimum absolute atomic E-state index is 0.0550. The van der Waals surface area contributed by atoms with E-state index in [9.17, 15) is 0 Å². The molecule has 3 rings (SSSR count). The normalized spacial score (nSPS) is 21.3. The molecule has 0 amide bonds. The molecule has 1 aliphatic rings. The Balaban J connectivity index is 1.73. The third kappa shape index (κ3) is 3.11. The van der Waals surface area contributed by atoms with Gasteiger partial charge in [0.2, 0.25) is 0 Å². The number of ether oxygens (including phenoxy) is 1. The number of nitrogens with one attached hydrogen (secondary N) is 1. The fourth-order valence-corrected chi connectivity index (χ4v) is 2.79. The van der Waals surface area contributed by atoms with Crippen LogP contribution in [0.4, 0.5) is 0 Å². The zero-order chi connectivity index (χ0) is 14.7. The topological polar surface area (TPSA) is 64.9 Å². The molecule has 0 unspecified atom stereocenters. The molecule has 0 bridgehead atoms. The standard InChI is InChI=1S/C15H21N5O/c1-11(14-9-6-10-21-14)16-12(2)15-17-18-19-20(15)13-7-4-3-5-8-13/h3-5,7-8,11-12,14,16H,6,9-10H2,1-2H3/t11-,12-,14-/m0/s1. The summed E-state index contributed by atoms with van der Waals surface area (Å²) >= 11 is 0. The monoisotopic (exact) mass is 287 g/mol. The van der Waals surface area contributed by atoms with Crippen LogP contribution in [0.2, 0.25) is 0 Å². The summed E-state index contributed by atoms with van der Waals surface area (Å²) in [6, 6.07) is 10.3. The van der Waals surface area contributed by atoms with Crippen LogP contribution >= 0.6 is 0 Å². The molecule has 6 nitrogen and oxygen atoms in total. The minimum atomic E-state index is 0.0550. The second-order valence-corrected chi connectivity index (χ2v) is 5.51. The van der Waals surface area contributed by atoms with E-state index in [2.05, 4.69) is 34.7 Å². The van der Waals surface area contributed by atoms with Crippen molar-refractivity contribution in [3.05, 3.63) is 36.2 Å². The zero-order valence-corrected chi connectivity index (χ0v) is 12.4. The van der Waals surface area contributed by atoms with Gasteiger partial charge in [0, 0.05) is 12.6 Å². The van der Waals surface area contributed by atoms with Crippen LogP contribution in [0.25, 0.3) is 5.69 Å². The highest BCUT2D eigenvalue weighted by molar-refractivity contribution is 5.30. The van der Waals surface area contributed by atoms with E-state index in [1.54, 1.807) is 4.68 Å². The van der Waals surface area contributed by atoms with Crippen LogP contribution in [0.1, 0.15) is 38.6 Å². The van der Waals surface area contributed by atoms with Crippen molar-refractivity contribution in [3.63, 3.8) is 0 Å². The van der Waals surface area contributed by atoms with Gasteiger partial charge in [-0.25, -0.2) is 0 Å². The summed E-state index contributed by atoms with van der Waals surface area (Å²) in [4.78, 5) is 0. The van der Waals surface area contributed by atoms with E-state index in [0.717, 1.165) is 31.0 Å². The van der Waals surface area contributed by atoms with Crippen molar-refractivity contribution >= 4 is 0 Å². The molecule has 0 spiro atoms. The molecule has 2 heterocycles. The lowest BCUT2D eigenvalue weighted by Crippen LogP contribution is -2.39. The number of para-hydroxylation sites is 1. The average Bonchev–Trinajstić information content (AvgIpc) is 3.19. The maximum absolute atomic E-state index is 5.73. The number of rotatable bonds is 5. The number of aromatic nitrogens is 4. The highest BCUT2D eigenvalue weighted by atomic mass is 16.5. The van der Waals surface area contributed by atoms with E-state index in [4.69, 9.17) is 4.74 Å². The third-order valence-electron chi connectivity index (χ3n) is 3.92. The Morgan fingerprint density at radius 1 is 1.29 bits per heavy atom. The van der Waals surface area contributed by atoms with Crippen molar-refractivity contribution in [2.24, 2.45) is 0 Å². The van der Waals surface area contributed by atoms with E-state index in [1.165, 1.54) is 0 Å². The molecule has 1 aliphatic heterocycles. The lowest BCUT2D eigenvalue weighted by atomic mass is 10.1. The van der Waals surface area contributed by atoms with Crippen molar-refractivity contribution in [1.29, 1.82) is 0 Å². The van der Waals surface area contributed by atoms with Crippen LogP contribution in [0.5, 0.6) is 0 Å². The van der Waals surface area contributed by atoms with E-state index in [1.807, 2.05) is 30.3 Å². The van der Waals surface area contributed by atoms with Gasteiger partial charge in [-0.1, -0.05) is 18.2 Å². The fraction of sp³-hybridized carbons (Fsp3) is 0.533. The van der Waals surface area contributed by atoms with Gasteiger partial charge in [-0.15, -0.1) is 5.10 Å². The third-order valence-corrected chi connectivity index (χ3v) is 3.92. The zero-order valence-electron chi connectivity index (χ0n) is 12.4. The van der Waals surface area contributed by atoms with E-state index >= 15 is 0 Å². The molecule has 112 valence electrons. The van der Waals surface area contributed by atoms with E-state index in [0.29, 0.717) is 0 Å². The van der Waals surface area contributed by atoms with Gasteiger partial charge in [0.15, 0.2) is 5.82 Å². The fourth-order valence-electron chi connectivity index (χ4n) is 2.79.